The number of hydrogen-bond acceptors (Lipinski definition) is 14. The van der Waals surface area contributed by atoms with Gasteiger partial charge in [0.15, 0.2) is 23.6 Å². The number of ketones is 1. The summed E-state index contributed by atoms with van der Waals surface area (Å²) in [5, 5.41) is 38.7. The largest absolute Gasteiger partial charge is 0.456 e. The van der Waals surface area contributed by atoms with E-state index in [1.807, 2.05) is 0 Å². The summed E-state index contributed by atoms with van der Waals surface area (Å²) >= 11 is 0. The van der Waals surface area contributed by atoms with Gasteiger partial charge in [-0.15, -0.1) is 0 Å². The van der Waals surface area contributed by atoms with Crippen LogP contribution in [0.3, 0.4) is 0 Å². The fourth-order valence-corrected chi connectivity index (χ4v) is 9.20. The average molecular weight is 778 g/mol. The van der Waals surface area contributed by atoms with Crippen LogP contribution in [-0.2, 0) is 42.9 Å². The van der Waals surface area contributed by atoms with Crippen molar-refractivity contribution in [1.29, 1.82) is 0 Å². The van der Waals surface area contributed by atoms with Crippen LogP contribution in [0, 0.1) is 16.7 Å². The SMILES string of the molecule is CC(=O)O[C@H]1C(=O)[C@@]2(C)[C@H]([C@H](OC(=O)c3ccccc3)[C@]3(O)C[C@H](OC(=O)[C@H](O)CNC(=O)c4ccccc4)C(C)=C1C3(C)C)[C@]1(OC(C)=O)CO[C@@H]1C[C@@H]2O. The highest BCUT2D eigenvalue weighted by Gasteiger charge is 2.78. The number of ether oxygens (including phenoxy) is 5. The molecule has 2 aromatic rings. The van der Waals surface area contributed by atoms with E-state index in [0.29, 0.717) is 0 Å². The van der Waals surface area contributed by atoms with Crippen molar-refractivity contribution < 1.29 is 67.8 Å². The van der Waals surface area contributed by atoms with Gasteiger partial charge in [0.25, 0.3) is 5.91 Å². The molecule has 15 heteroatoms. The van der Waals surface area contributed by atoms with Gasteiger partial charge in [0.05, 0.1) is 36.2 Å². The predicted octanol–water partition coefficient (Wildman–Crippen LogP) is 1.99. The number of fused-ring (bicyclic) bond motifs is 5. The normalized spacial score (nSPS) is 33.5. The summed E-state index contributed by atoms with van der Waals surface area (Å²) in [5.74, 6) is -6.71. The third-order valence-electron chi connectivity index (χ3n) is 12.2. The second kappa shape index (κ2) is 14.8. The maximum absolute atomic E-state index is 15.3. The topological polar surface area (TPSA) is 221 Å². The van der Waals surface area contributed by atoms with Gasteiger partial charge in [-0.25, -0.2) is 9.59 Å². The van der Waals surface area contributed by atoms with Crippen LogP contribution in [0.25, 0.3) is 0 Å². The molecule has 6 rings (SSSR count). The van der Waals surface area contributed by atoms with Crippen LogP contribution in [0.5, 0.6) is 0 Å². The minimum Gasteiger partial charge on any atom is -0.456 e. The maximum atomic E-state index is 15.3. The number of hydrogen-bond donors (Lipinski definition) is 4. The van der Waals surface area contributed by atoms with Gasteiger partial charge in [0, 0.05) is 37.7 Å². The molecule has 0 aromatic heterocycles. The van der Waals surface area contributed by atoms with E-state index in [1.165, 1.54) is 26.0 Å². The van der Waals surface area contributed by atoms with E-state index >= 15 is 4.79 Å². The van der Waals surface area contributed by atoms with E-state index in [2.05, 4.69) is 5.32 Å². The molecule has 2 bridgehead atoms. The van der Waals surface area contributed by atoms with E-state index in [0.717, 1.165) is 13.8 Å². The molecule has 1 aliphatic heterocycles. The van der Waals surface area contributed by atoms with E-state index in [-0.39, 0.29) is 35.3 Å². The Morgan fingerprint density at radius 2 is 1.52 bits per heavy atom. The Balaban J connectivity index is 1.50. The first-order chi connectivity index (χ1) is 26.3. The minimum absolute atomic E-state index is 0.0114. The van der Waals surface area contributed by atoms with Crippen molar-refractivity contribution in [2.75, 3.05) is 13.2 Å². The Labute approximate surface area is 323 Å². The molecular weight excluding hydrogens is 730 g/mol. The summed E-state index contributed by atoms with van der Waals surface area (Å²) in [6.45, 7) is 7.42. The molecule has 2 aromatic carbocycles. The van der Waals surface area contributed by atoms with Crippen molar-refractivity contribution in [2.24, 2.45) is 16.7 Å². The number of carbonyl (C=O) groups is 6. The number of rotatable bonds is 9. The number of amides is 1. The fraction of sp³-hybridized carbons (Fsp3) is 0.512. The monoisotopic (exact) mass is 777 g/mol. The first-order valence-corrected chi connectivity index (χ1v) is 18.4. The summed E-state index contributed by atoms with van der Waals surface area (Å²) < 4.78 is 29.8. The van der Waals surface area contributed by atoms with Crippen LogP contribution < -0.4 is 5.32 Å². The molecule has 4 aliphatic rings. The molecule has 15 nitrogen and oxygen atoms in total. The lowest BCUT2D eigenvalue weighted by Gasteiger charge is -2.67. The van der Waals surface area contributed by atoms with Crippen LogP contribution in [-0.4, -0.2) is 112 Å². The van der Waals surface area contributed by atoms with Crippen molar-refractivity contribution in [3.8, 4) is 0 Å². The lowest BCUT2D eigenvalue weighted by Crippen LogP contribution is -2.82. The number of esters is 4. The Bertz CT molecular complexity index is 1950. The molecule has 1 heterocycles. The van der Waals surface area contributed by atoms with Crippen LogP contribution in [0.2, 0.25) is 0 Å². The van der Waals surface area contributed by atoms with Gasteiger partial charge >= 0.3 is 23.9 Å². The zero-order valence-electron chi connectivity index (χ0n) is 32.0. The third-order valence-corrected chi connectivity index (χ3v) is 12.2. The van der Waals surface area contributed by atoms with Gasteiger partial charge in [-0.05, 0) is 49.3 Å². The highest BCUT2D eigenvalue weighted by molar-refractivity contribution is 5.96. The number of aliphatic hydroxyl groups excluding tert-OH is 2. The molecule has 0 unspecified atom stereocenters. The van der Waals surface area contributed by atoms with Gasteiger partial charge in [0.2, 0.25) is 0 Å². The van der Waals surface area contributed by atoms with Gasteiger partial charge in [-0.2, -0.15) is 0 Å². The number of nitrogens with one attached hydrogen (secondary N) is 1. The highest BCUT2D eigenvalue weighted by atomic mass is 16.6. The van der Waals surface area contributed by atoms with Crippen molar-refractivity contribution in [2.45, 2.75) is 102 Å². The van der Waals surface area contributed by atoms with Crippen LogP contribution >= 0.6 is 0 Å². The average Bonchev–Trinajstić information content (AvgIpc) is 3.15. The summed E-state index contributed by atoms with van der Waals surface area (Å²) in [7, 11) is 0. The summed E-state index contributed by atoms with van der Waals surface area (Å²) in [6.07, 6.45) is -10.2. The third kappa shape index (κ3) is 6.59. The Morgan fingerprint density at radius 3 is 2.07 bits per heavy atom. The van der Waals surface area contributed by atoms with Crippen molar-refractivity contribution in [3.63, 3.8) is 0 Å². The van der Waals surface area contributed by atoms with Gasteiger partial charge < -0.3 is 44.3 Å². The molecule has 1 amide bonds. The van der Waals surface area contributed by atoms with Crippen molar-refractivity contribution in [3.05, 3.63) is 82.9 Å². The fourth-order valence-electron chi connectivity index (χ4n) is 9.20. The van der Waals surface area contributed by atoms with E-state index < -0.39 is 113 Å². The lowest BCUT2D eigenvalue weighted by atomic mass is 9.44. The zero-order valence-corrected chi connectivity index (χ0v) is 32.0. The van der Waals surface area contributed by atoms with Gasteiger partial charge in [0.1, 0.15) is 23.9 Å². The Hall–Kier alpha value is -4.96. The molecule has 1 saturated heterocycles. The lowest BCUT2D eigenvalue weighted by molar-refractivity contribution is -0.346. The van der Waals surface area contributed by atoms with Gasteiger partial charge in [-0.3, -0.25) is 19.2 Å². The molecular formula is C41H47NO14. The second-order valence-corrected chi connectivity index (χ2v) is 15.8. The Kier molecular flexibility index (Phi) is 10.8. The molecule has 0 spiro atoms. The van der Waals surface area contributed by atoms with Crippen LogP contribution in [0.1, 0.15) is 75.1 Å². The summed E-state index contributed by atoms with van der Waals surface area (Å²) in [6, 6.07) is 15.9. The van der Waals surface area contributed by atoms with Crippen molar-refractivity contribution >= 4 is 35.6 Å². The van der Waals surface area contributed by atoms with E-state index in [9.17, 15) is 39.3 Å². The number of aliphatic hydroxyl groups is 3. The predicted molar refractivity (Wildman–Crippen MR) is 193 cm³/mol. The standard InChI is InChI=1S/C41H47NO14/c1-21-27(54-37(50)26(45)19-42-35(48)24-13-9-7-10-14-24)18-41(51)34(55-36(49)25-15-11-8-12-16-25)32-39(6,28(46)17-29-40(32,20-52-29)56-23(3)44)33(47)31(53-22(2)43)30(21)38(41,4)5/h7-16,26-29,31-32,34,45-46,51H,17-20H2,1-6H3,(H,42,48)/t26-,27+,28+,29-,31-,32+,34+,39-,40+,41-/m1/s1. The smallest absolute Gasteiger partial charge is 0.338 e. The molecule has 3 fully saturated rings. The molecule has 3 aliphatic carbocycles. The van der Waals surface area contributed by atoms with E-state index in [4.69, 9.17) is 23.7 Å². The summed E-state index contributed by atoms with van der Waals surface area (Å²) in [4.78, 5) is 81.2. The van der Waals surface area contributed by atoms with Crippen molar-refractivity contribution in [1.82, 2.24) is 5.32 Å². The molecule has 0 radical (unpaired) electrons. The number of carbonyl (C=O) groups excluding carboxylic acids is 6. The zero-order chi connectivity index (χ0) is 41.0. The number of benzene rings is 2. The highest BCUT2D eigenvalue weighted by Crippen LogP contribution is 2.64. The van der Waals surface area contributed by atoms with Crippen LogP contribution in [0.15, 0.2) is 71.8 Å². The second-order valence-electron chi connectivity index (χ2n) is 15.8. The molecule has 300 valence electrons. The molecule has 4 N–H and O–H groups in total. The molecule has 2 saturated carbocycles. The summed E-state index contributed by atoms with van der Waals surface area (Å²) in [5.41, 5.74) is -7.19. The minimum atomic E-state index is -2.35. The molecule has 56 heavy (non-hydrogen) atoms. The van der Waals surface area contributed by atoms with Crippen LogP contribution in [0.4, 0.5) is 0 Å². The maximum Gasteiger partial charge on any atom is 0.338 e. The molecule has 10 atom stereocenters. The quantitative estimate of drug-likeness (QED) is 0.163. The Morgan fingerprint density at radius 1 is 0.911 bits per heavy atom. The van der Waals surface area contributed by atoms with Gasteiger partial charge in [-0.1, -0.05) is 50.2 Å². The van der Waals surface area contributed by atoms with E-state index in [1.54, 1.807) is 62.4 Å². The first-order valence-electron chi connectivity index (χ1n) is 18.4. The first kappa shape index (κ1) is 40.7. The number of Topliss-reactive ketones (excluding diaryl/α,β-unsaturated/α-hetero) is 1.